The van der Waals surface area contributed by atoms with Crippen LogP contribution in [0.3, 0.4) is 0 Å². The fraction of sp³-hybridized carbons (Fsp3) is 0.310. The molecule has 1 fully saturated rings. The van der Waals surface area contributed by atoms with E-state index in [4.69, 9.17) is 0 Å². The predicted molar refractivity (Wildman–Crippen MR) is 155 cm³/mol. The van der Waals surface area contributed by atoms with Gasteiger partial charge in [0.05, 0.1) is 10.5 Å². The van der Waals surface area contributed by atoms with Gasteiger partial charge < -0.3 is 20.4 Å². The minimum Gasteiger partial charge on any atom is -0.359 e. The molecule has 9 nitrogen and oxygen atoms in total. The highest BCUT2D eigenvalue weighted by atomic mass is 32.2. The summed E-state index contributed by atoms with van der Waals surface area (Å²) in [6.45, 7) is 8.88. The van der Waals surface area contributed by atoms with E-state index in [2.05, 4.69) is 22.6 Å². The number of piperazine rings is 1. The van der Waals surface area contributed by atoms with Gasteiger partial charge in [0, 0.05) is 77.7 Å². The van der Waals surface area contributed by atoms with Gasteiger partial charge in [-0.15, -0.1) is 11.8 Å². The lowest BCUT2D eigenvalue weighted by Crippen LogP contribution is -2.46. The molecule has 39 heavy (non-hydrogen) atoms. The Morgan fingerprint density at radius 2 is 1.87 bits per heavy atom. The normalized spacial score (nSPS) is 16.6. The van der Waals surface area contributed by atoms with E-state index in [1.54, 1.807) is 30.0 Å². The minimum absolute atomic E-state index is 0.0248. The summed E-state index contributed by atoms with van der Waals surface area (Å²) in [5.74, 6) is 0.345. The van der Waals surface area contributed by atoms with E-state index in [9.17, 15) is 19.7 Å². The number of hydrogen-bond acceptors (Lipinski definition) is 7. The Balaban J connectivity index is 1.50. The molecule has 10 heteroatoms. The molecule has 4 rings (SSSR count). The van der Waals surface area contributed by atoms with E-state index in [1.807, 2.05) is 56.0 Å². The van der Waals surface area contributed by atoms with E-state index >= 15 is 0 Å². The number of allylic oxidation sites excluding steroid dienone is 3. The smallest absolute Gasteiger partial charge is 0.269 e. The summed E-state index contributed by atoms with van der Waals surface area (Å²) in [6, 6.07) is 12.4. The highest BCUT2D eigenvalue weighted by Gasteiger charge is 2.25. The molecule has 2 N–H and O–H groups in total. The largest absolute Gasteiger partial charge is 0.359 e. The standard InChI is InChI=1S/C29H33N5O4S/c1-19(2)27(30-20(3)14-28(35)33-12-10-32(4)11-13-33)17-25-24-16-23(8-9-26(24)31-29(25)36)39-18-21-6-5-7-22(15-21)34(37)38/h5-9,14-17,30H,10-13,18H2,1-4H3,(H,31,36)/b20-14+,25-17-. The van der Waals surface area contributed by atoms with Crippen LogP contribution in [0.1, 0.15) is 31.9 Å². The fourth-order valence-corrected chi connectivity index (χ4v) is 5.21. The molecular weight excluding hydrogens is 514 g/mol. The number of rotatable bonds is 8. The second-order valence-electron chi connectivity index (χ2n) is 9.93. The Hall–Kier alpha value is -3.89. The number of nitrogens with one attached hydrogen (secondary N) is 2. The molecule has 2 aromatic rings. The van der Waals surface area contributed by atoms with Crippen molar-refractivity contribution >= 4 is 40.5 Å². The molecule has 0 spiro atoms. The van der Waals surface area contributed by atoms with Crippen LogP contribution in [0.2, 0.25) is 0 Å². The molecular formula is C29H33N5O4S. The summed E-state index contributed by atoms with van der Waals surface area (Å²) in [4.78, 5) is 41.3. The summed E-state index contributed by atoms with van der Waals surface area (Å²) >= 11 is 1.55. The maximum Gasteiger partial charge on any atom is 0.269 e. The molecule has 1 saturated heterocycles. The zero-order valence-corrected chi connectivity index (χ0v) is 23.4. The molecule has 2 aliphatic heterocycles. The molecule has 0 unspecified atom stereocenters. The maximum atomic E-state index is 12.9. The van der Waals surface area contributed by atoms with E-state index in [0.29, 0.717) is 30.1 Å². The SMILES string of the molecule is CC(C)=C(/C=C1\C(=O)Nc2ccc(SCc3cccc([N+](=O)[O-])c3)cc21)N/C(C)=C/C(=O)N1CCN(C)CC1. The molecule has 0 aromatic heterocycles. The van der Waals surface area contributed by atoms with Gasteiger partial charge in [0.1, 0.15) is 0 Å². The molecule has 204 valence electrons. The van der Waals surface area contributed by atoms with Gasteiger partial charge in [0.25, 0.3) is 11.6 Å². The van der Waals surface area contributed by atoms with Crippen LogP contribution >= 0.6 is 11.8 Å². The number of amides is 2. The fourth-order valence-electron chi connectivity index (χ4n) is 4.33. The van der Waals surface area contributed by atoms with Gasteiger partial charge in [-0.25, -0.2) is 0 Å². The number of anilines is 1. The number of nitrogens with zero attached hydrogens (tertiary/aromatic N) is 3. The van der Waals surface area contributed by atoms with Gasteiger partial charge in [-0.2, -0.15) is 0 Å². The number of carbonyl (C=O) groups is 2. The number of fused-ring (bicyclic) bond motifs is 1. The van der Waals surface area contributed by atoms with E-state index in [-0.39, 0.29) is 17.5 Å². The third-order valence-corrected chi connectivity index (χ3v) is 7.68. The Kier molecular flexibility index (Phi) is 8.88. The zero-order valence-electron chi connectivity index (χ0n) is 22.6. The van der Waals surface area contributed by atoms with Crippen molar-refractivity contribution in [1.82, 2.24) is 15.1 Å². The summed E-state index contributed by atoms with van der Waals surface area (Å²) in [6.07, 6.45) is 3.43. The minimum atomic E-state index is -0.397. The highest BCUT2D eigenvalue weighted by Crippen LogP contribution is 2.36. The molecule has 2 aliphatic rings. The van der Waals surface area contributed by atoms with E-state index < -0.39 is 4.92 Å². The van der Waals surface area contributed by atoms with Gasteiger partial charge in [-0.3, -0.25) is 19.7 Å². The monoisotopic (exact) mass is 547 g/mol. The van der Waals surface area contributed by atoms with Crippen LogP contribution in [0.4, 0.5) is 11.4 Å². The molecule has 0 atom stereocenters. The Labute approximate surface area is 232 Å². The average Bonchev–Trinajstić information content (AvgIpc) is 3.21. The molecule has 0 radical (unpaired) electrons. The molecule has 0 saturated carbocycles. The Morgan fingerprint density at radius 3 is 2.56 bits per heavy atom. The van der Waals surface area contributed by atoms with Gasteiger partial charge >= 0.3 is 0 Å². The molecule has 2 heterocycles. The van der Waals surface area contributed by atoms with Crippen LogP contribution < -0.4 is 10.6 Å². The Morgan fingerprint density at radius 1 is 1.13 bits per heavy atom. The second-order valence-corrected chi connectivity index (χ2v) is 11.0. The van der Waals surface area contributed by atoms with Crippen LogP contribution in [0, 0.1) is 10.1 Å². The third kappa shape index (κ3) is 7.15. The van der Waals surface area contributed by atoms with Crippen molar-refractivity contribution in [1.29, 1.82) is 0 Å². The average molecular weight is 548 g/mol. The first-order valence-corrected chi connectivity index (χ1v) is 13.7. The number of likely N-dealkylation sites (N-methyl/N-ethyl adjacent to an activating group) is 1. The molecule has 0 aliphatic carbocycles. The van der Waals surface area contributed by atoms with Gasteiger partial charge in [0.15, 0.2) is 0 Å². The number of thioether (sulfide) groups is 1. The number of hydrogen-bond donors (Lipinski definition) is 2. The van der Waals surface area contributed by atoms with Crippen molar-refractivity contribution in [3.05, 3.63) is 92.8 Å². The number of non-ortho nitro benzene ring substituents is 1. The maximum absolute atomic E-state index is 12.9. The van der Waals surface area contributed by atoms with Gasteiger partial charge in [0.2, 0.25) is 5.91 Å². The second kappa shape index (κ2) is 12.3. The first-order chi connectivity index (χ1) is 18.6. The van der Waals surface area contributed by atoms with Crippen molar-refractivity contribution in [3.8, 4) is 0 Å². The van der Waals surface area contributed by atoms with Gasteiger partial charge in [-0.05, 0) is 57.7 Å². The highest BCUT2D eigenvalue weighted by molar-refractivity contribution is 7.98. The van der Waals surface area contributed by atoms with Crippen molar-refractivity contribution in [2.75, 3.05) is 38.5 Å². The van der Waals surface area contributed by atoms with Crippen LogP contribution in [-0.4, -0.2) is 59.8 Å². The van der Waals surface area contributed by atoms with Crippen molar-refractivity contribution in [3.63, 3.8) is 0 Å². The van der Waals surface area contributed by atoms with E-state index in [0.717, 1.165) is 46.1 Å². The molecule has 2 amide bonds. The molecule has 0 bridgehead atoms. The zero-order chi connectivity index (χ0) is 28.1. The lowest BCUT2D eigenvalue weighted by Gasteiger charge is -2.31. The van der Waals surface area contributed by atoms with Crippen molar-refractivity contribution < 1.29 is 14.5 Å². The summed E-state index contributed by atoms with van der Waals surface area (Å²) < 4.78 is 0. The van der Waals surface area contributed by atoms with Crippen molar-refractivity contribution in [2.24, 2.45) is 0 Å². The summed E-state index contributed by atoms with van der Waals surface area (Å²) in [5, 5.41) is 17.3. The first-order valence-electron chi connectivity index (χ1n) is 12.7. The number of benzene rings is 2. The third-order valence-electron chi connectivity index (χ3n) is 6.62. The lowest BCUT2D eigenvalue weighted by atomic mass is 10.0. The number of nitro benzene ring substituents is 1. The van der Waals surface area contributed by atoms with Crippen LogP contribution in [0.25, 0.3) is 5.57 Å². The number of carbonyl (C=O) groups excluding carboxylic acids is 2. The van der Waals surface area contributed by atoms with Gasteiger partial charge in [-0.1, -0.05) is 17.7 Å². The number of nitro groups is 1. The predicted octanol–water partition coefficient (Wildman–Crippen LogP) is 4.78. The van der Waals surface area contributed by atoms with Crippen molar-refractivity contribution in [2.45, 2.75) is 31.4 Å². The quantitative estimate of drug-likeness (QED) is 0.212. The topological polar surface area (TPSA) is 108 Å². The lowest BCUT2D eigenvalue weighted by molar-refractivity contribution is -0.384. The summed E-state index contributed by atoms with van der Waals surface area (Å²) in [7, 11) is 2.05. The van der Waals surface area contributed by atoms with Crippen LogP contribution in [0.5, 0.6) is 0 Å². The van der Waals surface area contributed by atoms with Crippen LogP contribution in [0.15, 0.2) is 76.5 Å². The van der Waals surface area contributed by atoms with Crippen LogP contribution in [-0.2, 0) is 15.3 Å². The van der Waals surface area contributed by atoms with E-state index in [1.165, 1.54) is 6.07 Å². The molecule has 2 aromatic carbocycles. The first kappa shape index (κ1) is 28.1. The Bertz CT molecular complexity index is 1390. The summed E-state index contributed by atoms with van der Waals surface area (Å²) in [5.41, 5.74) is 5.40.